The third-order valence-corrected chi connectivity index (χ3v) is 4.20. The fourth-order valence-corrected chi connectivity index (χ4v) is 2.88. The Bertz CT molecular complexity index is 822. The van der Waals surface area contributed by atoms with Crippen molar-refractivity contribution in [2.75, 3.05) is 0 Å². The van der Waals surface area contributed by atoms with Gasteiger partial charge in [0.1, 0.15) is 11.8 Å². The van der Waals surface area contributed by atoms with E-state index in [0.717, 1.165) is 10.5 Å². The van der Waals surface area contributed by atoms with E-state index >= 15 is 0 Å². The highest BCUT2D eigenvalue weighted by Crippen LogP contribution is 2.27. The molecule has 2 nitrogen and oxygen atoms in total. The summed E-state index contributed by atoms with van der Waals surface area (Å²) < 4.78 is 5.53. The van der Waals surface area contributed by atoms with Crippen molar-refractivity contribution in [1.82, 2.24) is 0 Å². The van der Waals surface area contributed by atoms with Gasteiger partial charge in [0.25, 0.3) is 0 Å². The van der Waals surface area contributed by atoms with Gasteiger partial charge < -0.3 is 4.42 Å². The summed E-state index contributed by atoms with van der Waals surface area (Å²) in [6.45, 7) is 1.96. The van der Waals surface area contributed by atoms with Crippen LogP contribution >= 0.6 is 23.4 Å². The molecule has 2 aromatic carbocycles. The molecule has 0 aliphatic rings. The van der Waals surface area contributed by atoms with Gasteiger partial charge in [-0.15, -0.1) is 0 Å². The largest absolute Gasteiger partial charge is 0.463 e. The van der Waals surface area contributed by atoms with Gasteiger partial charge in [0.05, 0.1) is 10.3 Å². The second kappa shape index (κ2) is 5.35. The second-order valence-electron chi connectivity index (χ2n) is 4.48. The van der Waals surface area contributed by atoms with E-state index in [1.54, 1.807) is 12.1 Å². The van der Waals surface area contributed by atoms with E-state index in [0.29, 0.717) is 20.9 Å². The number of hydrogen-bond acceptors (Lipinski definition) is 3. The summed E-state index contributed by atoms with van der Waals surface area (Å²) in [6.07, 6.45) is 1.51. The number of rotatable bonds is 2. The molecule has 20 heavy (non-hydrogen) atoms. The zero-order chi connectivity index (χ0) is 14.1. The van der Waals surface area contributed by atoms with Crippen LogP contribution in [0.15, 0.2) is 67.7 Å². The van der Waals surface area contributed by atoms with Crippen molar-refractivity contribution in [2.45, 2.75) is 16.7 Å². The van der Waals surface area contributed by atoms with Crippen LogP contribution in [0, 0.1) is 6.92 Å². The molecule has 0 saturated heterocycles. The maximum absolute atomic E-state index is 12.4. The molecule has 0 unspecified atom stereocenters. The van der Waals surface area contributed by atoms with Crippen molar-refractivity contribution in [2.24, 2.45) is 0 Å². The van der Waals surface area contributed by atoms with E-state index in [1.807, 2.05) is 37.3 Å². The molecule has 0 aliphatic carbocycles. The highest BCUT2D eigenvalue weighted by molar-refractivity contribution is 7.99. The fraction of sp³-hybridized carbons (Fsp3) is 0.0625. The number of aryl methyl sites for hydroxylation is 1. The number of fused-ring (bicyclic) bond motifs is 1. The zero-order valence-corrected chi connectivity index (χ0v) is 12.3. The lowest BCUT2D eigenvalue weighted by atomic mass is 10.1. The molecular weight excluding hydrogens is 292 g/mol. The van der Waals surface area contributed by atoms with E-state index in [-0.39, 0.29) is 5.43 Å². The molecule has 0 saturated carbocycles. The van der Waals surface area contributed by atoms with Crippen LogP contribution in [0.5, 0.6) is 0 Å². The SMILES string of the molecule is Cc1ccc2occ(Sc3ccc(Cl)cc3)c(=O)c2c1. The highest BCUT2D eigenvalue weighted by Gasteiger charge is 2.08. The molecular formula is C16H11ClO2S. The Kier molecular flexibility index (Phi) is 3.55. The van der Waals surface area contributed by atoms with Gasteiger partial charge in [-0.25, -0.2) is 0 Å². The Labute approximate surface area is 125 Å². The van der Waals surface area contributed by atoms with Crippen LogP contribution in [0.1, 0.15) is 5.56 Å². The minimum absolute atomic E-state index is 0.00472. The lowest BCUT2D eigenvalue weighted by Gasteiger charge is -2.03. The van der Waals surface area contributed by atoms with E-state index in [1.165, 1.54) is 18.0 Å². The van der Waals surface area contributed by atoms with Crippen molar-refractivity contribution in [3.8, 4) is 0 Å². The van der Waals surface area contributed by atoms with Crippen LogP contribution < -0.4 is 5.43 Å². The lowest BCUT2D eigenvalue weighted by molar-refractivity contribution is 0.587. The van der Waals surface area contributed by atoms with Gasteiger partial charge in [-0.1, -0.05) is 35.0 Å². The Morgan fingerprint density at radius 2 is 1.85 bits per heavy atom. The highest BCUT2D eigenvalue weighted by atomic mass is 35.5. The molecule has 0 fully saturated rings. The van der Waals surface area contributed by atoms with Crippen LogP contribution in [-0.2, 0) is 0 Å². The molecule has 3 aromatic rings. The summed E-state index contributed by atoms with van der Waals surface area (Å²) in [5.74, 6) is 0. The molecule has 100 valence electrons. The van der Waals surface area contributed by atoms with Crippen LogP contribution in [0.25, 0.3) is 11.0 Å². The van der Waals surface area contributed by atoms with Crippen LogP contribution in [0.3, 0.4) is 0 Å². The van der Waals surface area contributed by atoms with Gasteiger partial charge in [0, 0.05) is 9.92 Å². The third-order valence-electron chi connectivity index (χ3n) is 2.94. The average Bonchev–Trinajstić information content (AvgIpc) is 2.45. The molecule has 3 rings (SSSR count). The van der Waals surface area contributed by atoms with Gasteiger partial charge in [0.2, 0.25) is 5.43 Å². The Morgan fingerprint density at radius 1 is 1.10 bits per heavy atom. The maximum Gasteiger partial charge on any atom is 0.206 e. The number of benzene rings is 2. The molecule has 0 spiro atoms. The lowest BCUT2D eigenvalue weighted by Crippen LogP contribution is -2.03. The second-order valence-corrected chi connectivity index (χ2v) is 6.04. The van der Waals surface area contributed by atoms with Crippen molar-refractivity contribution in [1.29, 1.82) is 0 Å². The smallest absolute Gasteiger partial charge is 0.206 e. The van der Waals surface area contributed by atoms with Crippen molar-refractivity contribution < 1.29 is 4.42 Å². The zero-order valence-electron chi connectivity index (χ0n) is 10.7. The maximum atomic E-state index is 12.4. The molecule has 0 N–H and O–H groups in total. The molecule has 4 heteroatoms. The first kappa shape index (κ1) is 13.3. The minimum atomic E-state index is -0.00472. The van der Waals surface area contributed by atoms with Crippen LogP contribution in [-0.4, -0.2) is 0 Å². The van der Waals surface area contributed by atoms with E-state index in [2.05, 4.69) is 0 Å². The van der Waals surface area contributed by atoms with Gasteiger partial charge in [-0.3, -0.25) is 4.79 Å². The topological polar surface area (TPSA) is 30.2 Å². The van der Waals surface area contributed by atoms with Gasteiger partial charge in [-0.2, -0.15) is 0 Å². The van der Waals surface area contributed by atoms with Crippen LogP contribution in [0.2, 0.25) is 5.02 Å². The number of hydrogen-bond donors (Lipinski definition) is 0. The summed E-state index contributed by atoms with van der Waals surface area (Å²) in [5.41, 5.74) is 1.65. The van der Waals surface area contributed by atoms with Gasteiger partial charge in [-0.05, 0) is 43.3 Å². The monoisotopic (exact) mass is 302 g/mol. The van der Waals surface area contributed by atoms with Crippen molar-refractivity contribution >= 4 is 34.3 Å². The Morgan fingerprint density at radius 3 is 2.60 bits per heavy atom. The summed E-state index contributed by atoms with van der Waals surface area (Å²) in [4.78, 5) is 14.0. The molecule has 0 bridgehead atoms. The minimum Gasteiger partial charge on any atom is -0.463 e. The summed E-state index contributed by atoms with van der Waals surface area (Å²) in [5, 5.41) is 1.29. The summed E-state index contributed by atoms with van der Waals surface area (Å²) in [6, 6.07) is 13.0. The molecule has 0 radical (unpaired) electrons. The number of halogens is 1. The van der Waals surface area contributed by atoms with E-state index in [9.17, 15) is 4.79 Å². The van der Waals surface area contributed by atoms with E-state index < -0.39 is 0 Å². The Balaban J connectivity index is 2.06. The quantitative estimate of drug-likeness (QED) is 0.674. The normalized spacial score (nSPS) is 10.9. The molecule has 0 amide bonds. The average molecular weight is 303 g/mol. The van der Waals surface area contributed by atoms with Gasteiger partial charge in [0.15, 0.2) is 0 Å². The first-order valence-electron chi connectivity index (χ1n) is 6.09. The molecule has 1 aromatic heterocycles. The van der Waals surface area contributed by atoms with Crippen molar-refractivity contribution in [3.63, 3.8) is 0 Å². The van der Waals surface area contributed by atoms with Gasteiger partial charge >= 0.3 is 0 Å². The molecule has 1 heterocycles. The first-order chi connectivity index (χ1) is 9.63. The molecule has 0 aliphatic heterocycles. The predicted molar refractivity (Wildman–Crippen MR) is 82.8 cm³/mol. The fourth-order valence-electron chi connectivity index (χ4n) is 1.93. The summed E-state index contributed by atoms with van der Waals surface area (Å²) >= 11 is 7.23. The first-order valence-corrected chi connectivity index (χ1v) is 7.28. The predicted octanol–water partition coefficient (Wildman–Crippen LogP) is 4.91. The Hall–Kier alpha value is -1.71. The van der Waals surface area contributed by atoms with E-state index in [4.69, 9.17) is 16.0 Å². The molecule has 0 atom stereocenters. The van der Waals surface area contributed by atoms with Crippen molar-refractivity contribution in [3.05, 3.63) is 69.5 Å². The third kappa shape index (κ3) is 2.60. The van der Waals surface area contributed by atoms with Crippen LogP contribution in [0.4, 0.5) is 0 Å². The standard InChI is InChI=1S/C16H11ClO2S/c1-10-2-7-14-13(8-10)16(18)15(9-19-14)20-12-5-3-11(17)4-6-12/h2-9H,1H3. The summed E-state index contributed by atoms with van der Waals surface area (Å²) in [7, 11) is 0.